The molecule has 0 unspecified atom stereocenters. The van der Waals surface area contributed by atoms with Crippen LogP contribution >= 0.6 is 11.6 Å². The average molecular weight is 263 g/mol. The molecule has 0 aliphatic heterocycles. The molecule has 0 saturated heterocycles. The van der Waals surface area contributed by atoms with E-state index >= 15 is 0 Å². The van der Waals surface area contributed by atoms with Gasteiger partial charge in [-0.1, -0.05) is 23.7 Å². The van der Waals surface area contributed by atoms with E-state index in [1.54, 1.807) is 6.07 Å². The monoisotopic (exact) mass is 262 g/mol. The number of carboxylic acid groups (broad SMARTS) is 1. The summed E-state index contributed by atoms with van der Waals surface area (Å²) in [5.41, 5.74) is 1.67. The number of benzene rings is 1. The highest BCUT2D eigenvalue weighted by Crippen LogP contribution is 2.16. The third kappa shape index (κ3) is 2.99. The fourth-order valence-corrected chi connectivity index (χ4v) is 1.78. The molecule has 0 fully saturated rings. The smallest absolute Gasteiger partial charge is 0.337 e. The molecule has 1 aromatic heterocycles. The van der Waals surface area contributed by atoms with E-state index in [1.807, 2.05) is 18.2 Å². The van der Waals surface area contributed by atoms with Gasteiger partial charge in [-0.2, -0.15) is 0 Å². The molecule has 92 valence electrons. The van der Waals surface area contributed by atoms with Crippen LogP contribution in [-0.2, 0) is 6.54 Å². The van der Waals surface area contributed by atoms with Crippen molar-refractivity contribution in [2.75, 3.05) is 5.32 Å². The van der Waals surface area contributed by atoms with Crippen LogP contribution in [0.4, 0.5) is 5.69 Å². The number of nitrogens with one attached hydrogen (secondary N) is 1. The molecule has 0 bridgehead atoms. The van der Waals surface area contributed by atoms with Crippen LogP contribution in [0.1, 0.15) is 15.9 Å². The van der Waals surface area contributed by atoms with Crippen molar-refractivity contribution in [1.29, 1.82) is 0 Å². The van der Waals surface area contributed by atoms with E-state index in [9.17, 15) is 4.79 Å². The van der Waals surface area contributed by atoms with Crippen LogP contribution in [0.25, 0.3) is 0 Å². The zero-order valence-electron chi connectivity index (χ0n) is 9.43. The topological polar surface area (TPSA) is 62.2 Å². The van der Waals surface area contributed by atoms with Gasteiger partial charge in [-0.25, -0.2) is 4.79 Å². The van der Waals surface area contributed by atoms with Crippen molar-refractivity contribution in [1.82, 2.24) is 4.98 Å². The van der Waals surface area contributed by atoms with Crippen molar-refractivity contribution in [2.45, 2.75) is 6.54 Å². The predicted octanol–water partition coefficient (Wildman–Crippen LogP) is 3.05. The lowest BCUT2D eigenvalue weighted by Crippen LogP contribution is -2.06. The van der Waals surface area contributed by atoms with Crippen molar-refractivity contribution in [3.05, 3.63) is 58.9 Å². The predicted molar refractivity (Wildman–Crippen MR) is 70.0 cm³/mol. The maximum absolute atomic E-state index is 11.0. The van der Waals surface area contributed by atoms with E-state index in [0.29, 0.717) is 17.3 Å². The molecule has 2 aromatic rings. The van der Waals surface area contributed by atoms with E-state index in [4.69, 9.17) is 16.7 Å². The molecular weight excluding hydrogens is 252 g/mol. The van der Waals surface area contributed by atoms with Crippen LogP contribution in [0.15, 0.2) is 42.7 Å². The molecule has 4 nitrogen and oxygen atoms in total. The minimum atomic E-state index is -0.981. The summed E-state index contributed by atoms with van der Waals surface area (Å²) in [7, 11) is 0. The second-order valence-electron chi connectivity index (χ2n) is 3.71. The number of hydrogen-bond acceptors (Lipinski definition) is 3. The first kappa shape index (κ1) is 12.4. The fraction of sp³-hybridized carbons (Fsp3) is 0.0769. The zero-order chi connectivity index (χ0) is 13.0. The quantitative estimate of drug-likeness (QED) is 0.889. The number of hydrogen-bond donors (Lipinski definition) is 2. The van der Waals surface area contributed by atoms with Gasteiger partial charge in [-0.15, -0.1) is 0 Å². The molecule has 18 heavy (non-hydrogen) atoms. The zero-order valence-corrected chi connectivity index (χ0v) is 10.2. The van der Waals surface area contributed by atoms with Crippen LogP contribution in [-0.4, -0.2) is 16.1 Å². The third-order valence-corrected chi connectivity index (χ3v) is 2.66. The molecule has 0 aliphatic carbocycles. The van der Waals surface area contributed by atoms with E-state index < -0.39 is 5.97 Å². The maximum atomic E-state index is 11.0. The van der Waals surface area contributed by atoms with Crippen LogP contribution < -0.4 is 5.32 Å². The Labute approximate surface area is 109 Å². The summed E-state index contributed by atoms with van der Waals surface area (Å²) in [5.74, 6) is -0.981. The first-order chi connectivity index (χ1) is 8.66. The van der Waals surface area contributed by atoms with Gasteiger partial charge in [-0.3, -0.25) is 4.98 Å². The number of anilines is 1. The number of pyridine rings is 1. The lowest BCUT2D eigenvalue weighted by molar-refractivity contribution is 0.0698. The Morgan fingerprint density at radius 3 is 2.94 bits per heavy atom. The number of aromatic nitrogens is 1. The SMILES string of the molecule is O=C(O)c1ccncc1NCc1cccc(Cl)c1. The highest BCUT2D eigenvalue weighted by molar-refractivity contribution is 6.30. The summed E-state index contributed by atoms with van der Waals surface area (Å²) in [5, 5.41) is 12.7. The number of nitrogens with zero attached hydrogens (tertiary/aromatic N) is 1. The van der Waals surface area contributed by atoms with Gasteiger partial charge in [0.15, 0.2) is 0 Å². The summed E-state index contributed by atoms with van der Waals surface area (Å²) in [6, 6.07) is 8.84. The van der Waals surface area contributed by atoms with Gasteiger partial charge in [0.2, 0.25) is 0 Å². The Kier molecular flexibility index (Phi) is 3.79. The lowest BCUT2D eigenvalue weighted by Gasteiger charge is -2.09. The highest BCUT2D eigenvalue weighted by atomic mass is 35.5. The maximum Gasteiger partial charge on any atom is 0.337 e. The first-order valence-electron chi connectivity index (χ1n) is 5.32. The standard InChI is InChI=1S/C13H11ClN2O2/c14-10-3-1-2-9(6-10)7-16-12-8-15-5-4-11(12)13(17)18/h1-6,8,16H,7H2,(H,17,18). The van der Waals surface area contributed by atoms with Gasteiger partial charge >= 0.3 is 5.97 Å². The molecule has 0 saturated carbocycles. The number of rotatable bonds is 4. The number of carboxylic acids is 1. The third-order valence-electron chi connectivity index (χ3n) is 2.42. The molecule has 0 radical (unpaired) electrons. The molecule has 1 aromatic carbocycles. The first-order valence-corrected chi connectivity index (χ1v) is 5.70. The molecular formula is C13H11ClN2O2. The Morgan fingerprint density at radius 1 is 1.39 bits per heavy atom. The van der Waals surface area contributed by atoms with Crippen molar-refractivity contribution in [3.63, 3.8) is 0 Å². The molecule has 1 heterocycles. The Balaban J connectivity index is 2.13. The highest BCUT2D eigenvalue weighted by Gasteiger charge is 2.08. The number of aromatic carboxylic acids is 1. The number of halogens is 1. The summed E-state index contributed by atoms with van der Waals surface area (Å²) in [6.45, 7) is 0.493. The van der Waals surface area contributed by atoms with Crippen molar-refractivity contribution >= 4 is 23.3 Å². The van der Waals surface area contributed by atoms with E-state index in [-0.39, 0.29) is 5.56 Å². The molecule has 2 N–H and O–H groups in total. The van der Waals surface area contributed by atoms with Crippen molar-refractivity contribution in [2.24, 2.45) is 0 Å². The van der Waals surface area contributed by atoms with Crippen LogP contribution in [0.5, 0.6) is 0 Å². The van der Waals surface area contributed by atoms with Crippen LogP contribution in [0.2, 0.25) is 5.02 Å². The average Bonchev–Trinajstić information content (AvgIpc) is 2.37. The Morgan fingerprint density at radius 2 is 2.22 bits per heavy atom. The van der Waals surface area contributed by atoms with E-state index in [0.717, 1.165) is 5.56 Å². The summed E-state index contributed by atoms with van der Waals surface area (Å²) in [4.78, 5) is 14.9. The van der Waals surface area contributed by atoms with Crippen molar-refractivity contribution in [3.8, 4) is 0 Å². The number of carbonyl (C=O) groups is 1. The molecule has 0 spiro atoms. The summed E-state index contributed by atoms with van der Waals surface area (Å²) >= 11 is 5.87. The minimum absolute atomic E-state index is 0.201. The van der Waals surface area contributed by atoms with Gasteiger partial charge in [0.25, 0.3) is 0 Å². The second kappa shape index (κ2) is 5.51. The van der Waals surface area contributed by atoms with Gasteiger partial charge < -0.3 is 10.4 Å². The molecule has 0 amide bonds. The normalized spacial score (nSPS) is 10.1. The fourth-order valence-electron chi connectivity index (χ4n) is 1.57. The van der Waals surface area contributed by atoms with Gasteiger partial charge in [0.1, 0.15) is 0 Å². The summed E-state index contributed by atoms with van der Waals surface area (Å²) in [6.07, 6.45) is 2.95. The van der Waals surface area contributed by atoms with Gasteiger partial charge in [0, 0.05) is 17.8 Å². The van der Waals surface area contributed by atoms with E-state index in [2.05, 4.69) is 10.3 Å². The molecule has 0 aliphatic rings. The Hall–Kier alpha value is -2.07. The molecule has 2 rings (SSSR count). The van der Waals surface area contributed by atoms with Gasteiger partial charge in [0.05, 0.1) is 17.4 Å². The molecule has 5 heteroatoms. The molecule has 0 atom stereocenters. The Bertz CT molecular complexity index is 572. The second-order valence-corrected chi connectivity index (χ2v) is 4.15. The largest absolute Gasteiger partial charge is 0.478 e. The van der Waals surface area contributed by atoms with E-state index in [1.165, 1.54) is 18.5 Å². The van der Waals surface area contributed by atoms with Crippen LogP contribution in [0.3, 0.4) is 0 Å². The van der Waals surface area contributed by atoms with Crippen LogP contribution in [0, 0.1) is 0 Å². The van der Waals surface area contributed by atoms with Gasteiger partial charge in [-0.05, 0) is 23.8 Å². The minimum Gasteiger partial charge on any atom is -0.478 e. The lowest BCUT2D eigenvalue weighted by atomic mass is 10.2. The summed E-state index contributed by atoms with van der Waals surface area (Å²) < 4.78 is 0. The van der Waals surface area contributed by atoms with Crippen molar-refractivity contribution < 1.29 is 9.90 Å².